The van der Waals surface area contributed by atoms with Crippen molar-refractivity contribution in [1.29, 1.82) is 0 Å². The predicted octanol–water partition coefficient (Wildman–Crippen LogP) is 3.69. The average Bonchev–Trinajstić information content (AvgIpc) is 3.49. The minimum Gasteiger partial charge on any atom is -0.497 e. The number of hydrogen-bond donors (Lipinski definition) is 1. The molecule has 1 aliphatic rings. The standard InChI is InChI=1S/C31H33N7O3/c1-40-24-12-13-26-23(20-24)21-25(31(39)32-26)29(30-33-34-35-38(30)15-14-22-8-4-3-5-9-22)37-18-16-36(17-19-37)27-10-6-7-11-28(27)41-2/h3-13,20-21,29H,14-19H2,1-2H3,(H,32,39)/t29-/m0/s1. The molecule has 0 unspecified atom stereocenters. The largest absolute Gasteiger partial charge is 0.497 e. The van der Waals surface area contributed by atoms with Crippen molar-refractivity contribution in [3.8, 4) is 11.5 Å². The summed E-state index contributed by atoms with van der Waals surface area (Å²) in [5.41, 5.74) is 3.47. The van der Waals surface area contributed by atoms with Crippen LogP contribution in [-0.2, 0) is 13.0 Å². The smallest absolute Gasteiger partial charge is 0.253 e. The lowest BCUT2D eigenvalue weighted by atomic mass is 10.0. The summed E-state index contributed by atoms with van der Waals surface area (Å²) in [5.74, 6) is 2.23. The van der Waals surface area contributed by atoms with Gasteiger partial charge in [-0.25, -0.2) is 4.68 Å². The molecular formula is C31H33N7O3. The van der Waals surface area contributed by atoms with E-state index < -0.39 is 6.04 Å². The fraction of sp³-hybridized carbons (Fsp3) is 0.290. The number of hydrogen-bond acceptors (Lipinski definition) is 8. The van der Waals surface area contributed by atoms with E-state index in [2.05, 4.69) is 48.5 Å². The van der Waals surface area contributed by atoms with Crippen LogP contribution in [0.2, 0.25) is 0 Å². The van der Waals surface area contributed by atoms with E-state index >= 15 is 0 Å². The molecule has 10 nitrogen and oxygen atoms in total. The van der Waals surface area contributed by atoms with E-state index in [0.29, 0.717) is 31.0 Å². The summed E-state index contributed by atoms with van der Waals surface area (Å²) in [5, 5.41) is 13.8. The lowest BCUT2D eigenvalue weighted by Gasteiger charge is -2.40. The molecule has 210 valence electrons. The summed E-state index contributed by atoms with van der Waals surface area (Å²) in [4.78, 5) is 21.3. The molecule has 1 aliphatic heterocycles. The molecule has 3 aromatic carbocycles. The summed E-state index contributed by atoms with van der Waals surface area (Å²) in [6.07, 6.45) is 0.776. The van der Waals surface area contributed by atoms with Crippen LogP contribution in [0.3, 0.4) is 0 Å². The highest BCUT2D eigenvalue weighted by Crippen LogP contribution is 2.32. The Labute approximate surface area is 238 Å². The van der Waals surface area contributed by atoms with Gasteiger partial charge in [-0.2, -0.15) is 0 Å². The van der Waals surface area contributed by atoms with Gasteiger partial charge in [0.15, 0.2) is 5.82 Å². The maximum absolute atomic E-state index is 13.6. The zero-order valence-electron chi connectivity index (χ0n) is 23.2. The van der Waals surface area contributed by atoms with E-state index in [0.717, 1.165) is 47.6 Å². The molecule has 2 aromatic heterocycles. The second-order valence-electron chi connectivity index (χ2n) is 10.1. The minimum absolute atomic E-state index is 0.155. The average molecular weight is 552 g/mol. The van der Waals surface area contributed by atoms with Crippen molar-refractivity contribution < 1.29 is 9.47 Å². The molecule has 41 heavy (non-hydrogen) atoms. The second-order valence-corrected chi connectivity index (χ2v) is 10.1. The number of tetrazole rings is 1. The molecule has 0 radical (unpaired) electrons. The van der Waals surface area contributed by atoms with E-state index in [4.69, 9.17) is 9.47 Å². The quantitative estimate of drug-likeness (QED) is 0.296. The monoisotopic (exact) mass is 551 g/mol. The van der Waals surface area contributed by atoms with Crippen LogP contribution >= 0.6 is 0 Å². The van der Waals surface area contributed by atoms with E-state index in [-0.39, 0.29) is 5.56 Å². The Balaban J connectivity index is 1.36. The van der Waals surface area contributed by atoms with Crippen LogP contribution in [0, 0.1) is 0 Å². The van der Waals surface area contributed by atoms with Gasteiger partial charge in [-0.3, -0.25) is 9.69 Å². The van der Waals surface area contributed by atoms with Crippen LogP contribution in [0.4, 0.5) is 5.69 Å². The molecule has 3 heterocycles. The number of ether oxygens (including phenoxy) is 2. The molecule has 1 saturated heterocycles. The zero-order valence-corrected chi connectivity index (χ0v) is 23.2. The Morgan fingerprint density at radius 1 is 0.902 bits per heavy atom. The first kappa shape index (κ1) is 26.5. The molecule has 0 aliphatic carbocycles. The number of rotatable bonds is 9. The van der Waals surface area contributed by atoms with Gasteiger partial charge in [-0.05, 0) is 58.8 Å². The van der Waals surface area contributed by atoms with Crippen LogP contribution in [0.25, 0.3) is 10.9 Å². The number of anilines is 1. The number of piperazine rings is 1. The van der Waals surface area contributed by atoms with Crippen molar-refractivity contribution in [3.63, 3.8) is 0 Å². The van der Waals surface area contributed by atoms with E-state index in [1.807, 2.05) is 65.3 Å². The molecule has 0 saturated carbocycles. The molecule has 1 atom stereocenters. The molecule has 0 amide bonds. The van der Waals surface area contributed by atoms with Crippen molar-refractivity contribution in [2.75, 3.05) is 45.3 Å². The Morgan fingerprint density at radius 3 is 2.46 bits per heavy atom. The molecule has 5 aromatic rings. The lowest BCUT2D eigenvalue weighted by molar-refractivity contribution is 0.199. The van der Waals surface area contributed by atoms with Crippen molar-refractivity contribution >= 4 is 16.6 Å². The second kappa shape index (κ2) is 11.8. The molecule has 0 bridgehead atoms. The van der Waals surface area contributed by atoms with Crippen LogP contribution < -0.4 is 19.9 Å². The maximum Gasteiger partial charge on any atom is 0.253 e. The zero-order chi connectivity index (χ0) is 28.2. The van der Waals surface area contributed by atoms with E-state index in [9.17, 15) is 4.79 Å². The Kier molecular flexibility index (Phi) is 7.64. The van der Waals surface area contributed by atoms with E-state index in [1.165, 1.54) is 5.56 Å². The van der Waals surface area contributed by atoms with Crippen LogP contribution in [-0.4, -0.2) is 70.5 Å². The normalized spacial score (nSPS) is 14.7. The van der Waals surface area contributed by atoms with Gasteiger partial charge >= 0.3 is 0 Å². The first-order chi connectivity index (χ1) is 20.1. The fourth-order valence-corrected chi connectivity index (χ4v) is 5.59. The molecule has 0 spiro atoms. The topological polar surface area (TPSA) is 101 Å². The van der Waals surface area contributed by atoms with Gasteiger partial charge in [0, 0.05) is 49.2 Å². The SMILES string of the molecule is COc1ccc2[nH]c(=O)c([C@@H](c3nnnn3CCc3ccccc3)N3CCN(c4ccccc4OC)CC3)cc2c1. The summed E-state index contributed by atoms with van der Waals surface area (Å²) in [7, 11) is 3.33. The van der Waals surface area contributed by atoms with Crippen molar-refractivity contribution in [2.45, 2.75) is 19.0 Å². The highest BCUT2D eigenvalue weighted by Gasteiger charge is 2.33. The minimum atomic E-state index is -0.431. The van der Waals surface area contributed by atoms with Crippen LogP contribution in [0.5, 0.6) is 11.5 Å². The number of pyridine rings is 1. The number of nitrogens with zero attached hydrogens (tertiary/aromatic N) is 6. The Bertz CT molecular complexity index is 1680. The number of fused-ring (bicyclic) bond motifs is 1. The summed E-state index contributed by atoms with van der Waals surface area (Å²) in [6, 6.07) is 25.5. The van der Waals surface area contributed by atoms with Crippen molar-refractivity contribution in [1.82, 2.24) is 30.1 Å². The predicted molar refractivity (Wildman–Crippen MR) is 158 cm³/mol. The number of aryl methyl sites for hydroxylation is 2. The number of nitrogens with one attached hydrogen (secondary N) is 1. The lowest BCUT2D eigenvalue weighted by Crippen LogP contribution is -2.49. The number of methoxy groups -OCH3 is 2. The summed E-state index contributed by atoms with van der Waals surface area (Å²) < 4.78 is 12.9. The highest BCUT2D eigenvalue weighted by atomic mass is 16.5. The van der Waals surface area contributed by atoms with E-state index in [1.54, 1.807) is 14.2 Å². The maximum atomic E-state index is 13.6. The molecule has 1 fully saturated rings. The van der Waals surface area contributed by atoms with Crippen molar-refractivity contribution in [3.05, 3.63) is 106 Å². The van der Waals surface area contributed by atoms with Crippen molar-refractivity contribution in [2.24, 2.45) is 0 Å². The summed E-state index contributed by atoms with van der Waals surface area (Å²) in [6.45, 7) is 3.56. The van der Waals surface area contributed by atoms with Crippen LogP contribution in [0.1, 0.15) is 23.0 Å². The molecule has 10 heteroatoms. The first-order valence-electron chi connectivity index (χ1n) is 13.8. The van der Waals surface area contributed by atoms with Gasteiger partial charge < -0.3 is 19.4 Å². The Morgan fingerprint density at radius 2 is 1.68 bits per heavy atom. The van der Waals surface area contributed by atoms with Gasteiger partial charge in [0.25, 0.3) is 5.56 Å². The number of para-hydroxylation sites is 2. The third-order valence-electron chi connectivity index (χ3n) is 7.74. The van der Waals surface area contributed by atoms with Gasteiger partial charge in [-0.1, -0.05) is 42.5 Å². The fourth-order valence-electron chi connectivity index (χ4n) is 5.59. The third kappa shape index (κ3) is 5.51. The highest BCUT2D eigenvalue weighted by molar-refractivity contribution is 5.80. The first-order valence-corrected chi connectivity index (χ1v) is 13.8. The van der Waals surface area contributed by atoms with Gasteiger partial charge in [0.05, 0.1) is 19.9 Å². The number of aromatic amines is 1. The molecule has 1 N–H and O–H groups in total. The number of aromatic nitrogens is 5. The third-order valence-corrected chi connectivity index (χ3v) is 7.74. The van der Waals surface area contributed by atoms with Crippen LogP contribution in [0.15, 0.2) is 83.7 Å². The Hall–Kier alpha value is -4.70. The number of benzene rings is 3. The molecular weight excluding hydrogens is 518 g/mol. The van der Waals surface area contributed by atoms with Gasteiger partial charge in [0.1, 0.15) is 17.5 Å². The van der Waals surface area contributed by atoms with Gasteiger partial charge in [-0.15, -0.1) is 5.10 Å². The summed E-state index contributed by atoms with van der Waals surface area (Å²) >= 11 is 0. The number of H-pyrrole nitrogens is 1. The molecule has 6 rings (SSSR count). The van der Waals surface area contributed by atoms with Gasteiger partial charge in [0.2, 0.25) is 0 Å².